The molecule has 162 valence electrons. The van der Waals surface area contributed by atoms with Crippen molar-refractivity contribution in [1.82, 2.24) is 0 Å². The van der Waals surface area contributed by atoms with Crippen molar-refractivity contribution in [3.63, 3.8) is 0 Å². The van der Waals surface area contributed by atoms with Crippen LogP contribution in [0.1, 0.15) is 16.7 Å². The van der Waals surface area contributed by atoms with Crippen LogP contribution >= 0.6 is 0 Å². The monoisotopic (exact) mass is 423 g/mol. The molecule has 6 heteroatoms. The molecule has 3 aromatic carbocycles. The van der Waals surface area contributed by atoms with E-state index in [1.165, 1.54) is 6.07 Å². The second kappa shape index (κ2) is 10.6. The zero-order valence-electron chi connectivity index (χ0n) is 18.1. The molecule has 31 heavy (non-hydrogen) atoms. The van der Waals surface area contributed by atoms with Gasteiger partial charge in [-0.05, 0) is 48.4 Å². The number of amides is 1. The van der Waals surface area contributed by atoms with Crippen molar-refractivity contribution in [2.75, 3.05) is 26.0 Å². The standard InChI is InChI=1S/C25H27FN2O3/c1-18-9-11-22(21(26)13-18)27-25(29)16-28(2)15-20-10-12-23(24(14-20)30-3)31-17-19-7-5-4-6-8-19/h4-14H,15-17H2,1-3H3,(H,27,29)/p+1. The number of ether oxygens (including phenoxy) is 2. The van der Waals surface area contributed by atoms with E-state index in [4.69, 9.17) is 9.47 Å². The first-order chi connectivity index (χ1) is 14.9. The van der Waals surface area contributed by atoms with Gasteiger partial charge in [-0.1, -0.05) is 36.4 Å². The Morgan fingerprint density at radius 1 is 1.00 bits per heavy atom. The van der Waals surface area contributed by atoms with Gasteiger partial charge in [0.15, 0.2) is 18.0 Å². The van der Waals surface area contributed by atoms with Gasteiger partial charge in [-0.3, -0.25) is 4.79 Å². The number of carbonyl (C=O) groups excluding carboxylic acids is 1. The molecule has 0 saturated carbocycles. The number of anilines is 1. The number of benzene rings is 3. The molecule has 5 nitrogen and oxygen atoms in total. The van der Waals surface area contributed by atoms with Crippen LogP contribution in [0.4, 0.5) is 10.1 Å². The van der Waals surface area contributed by atoms with E-state index in [1.807, 2.05) is 55.6 Å². The fourth-order valence-corrected chi connectivity index (χ4v) is 3.28. The van der Waals surface area contributed by atoms with E-state index in [0.717, 1.165) is 21.6 Å². The number of hydrogen-bond donors (Lipinski definition) is 2. The van der Waals surface area contributed by atoms with Gasteiger partial charge in [-0.15, -0.1) is 0 Å². The van der Waals surface area contributed by atoms with Crippen molar-refractivity contribution < 1.29 is 23.6 Å². The van der Waals surface area contributed by atoms with E-state index in [1.54, 1.807) is 26.2 Å². The highest BCUT2D eigenvalue weighted by Gasteiger charge is 2.14. The molecule has 3 rings (SSSR count). The van der Waals surface area contributed by atoms with Gasteiger partial charge >= 0.3 is 0 Å². The van der Waals surface area contributed by atoms with Gasteiger partial charge in [-0.2, -0.15) is 0 Å². The molecule has 0 aromatic heterocycles. The summed E-state index contributed by atoms with van der Waals surface area (Å²) in [7, 11) is 3.52. The van der Waals surface area contributed by atoms with Gasteiger partial charge in [0.1, 0.15) is 19.0 Å². The SMILES string of the molecule is COc1cc(C[NH+](C)CC(=O)Nc2ccc(C)cc2F)ccc1OCc1ccccc1. The molecule has 3 aromatic rings. The van der Waals surface area contributed by atoms with Gasteiger partial charge in [0.2, 0.25) is 0 Å². The lowest BCUT2D eigenvalue weighted by atomic mass is 10.2. The van der Waals surface area contributed by atoms with Crippen LogP contribution in [-0.2, 0) is 17.9 Å². The third kappa shape index (κ3) is 6.55. The highest BCUT2D eigenvalue weighted by atomic mass is 19.1. The van der Waals surface area contributed by atoms with Crippen molar-refractivity contribution in [3.05, 3.63) is 89.2 Å². The lowest BCUT2D eigenvalue weighted by molar-refractivity contribution is -0.885. The quantitative estimate of drug-likeness (QED) is 0.555. The van der Waals surface area contributed by atoms with Crippen LogP contribution < -0.4 is 19.7 Å². The molecular formula is C25H28FN2O3+. The third-order valence-electron chi connectivity index (χ3n) is 4.83. The number of halogens is 1. The van der Waals surface area contributed by atoms with Crippen LogP contribution in [0.25, 0.3) is 0 Å². The number of nitrogens with one attached hydrogen (secondary N) is 2. The van der Waals surface area contributed by atoms with Crippen LogP contribution in [0.2, 0.25) is 0 Å². The Labute approximate surface area is 182 Å². The fourth-order valence-electron chi connectivity index (χ4n) is 3.28. The number of rotatable bonds is 9. The number of quaternary nitrogens is 1. The van der Waals surface area contributed by atoms with E-state index in [-0.39, 0.29) is 18.1 Å². The maximum absolute atomic E-state index is 13.9. The molecule has 0 aliphatic heterocycles. The Bertz CT molecular complexity index is 1020. The number of aryl methyl sites for hydroxylation is 1. The number of carbonyl (C=O) groups is 1. The molecular weight excluding hydrogens is 395 g/mol. The minimum absolute atomic E-state index is 0.199. The van der Waals surface area contributed by atoms with Crippen LogP contribution in [0.5, 0.6) is 11.5 Å². The lowest BCUT2D eigenvalue weighted by Crippen LogP contribution is -3.08. The molecule has 0 aliphatic carbocycles. The summed E-state index contributed by atoms with van der Waals surface area (Å²) in [6.07, 6.45) is 0. The zero-order valence-corrected chi connectivity index (χ0v) is 18.1. The van der Waals surface area contributed by atoms with Gasteiger partial charge in [-0.25, -0.2) is 4.39 Å². The zero-order chi connectivity index (χ0) is 22.2. The minimum atomic E-state index is -0.429. The summed E-state index contributed by atoms with van der Waals surface area (Å²) in [6.45, 7) is 3.08. The average molecular weight is 424 g/mol. The highest BCUT2D eigenvalue weighted by Crippen LogP contribution is 2.28. The first-order valence-corrected chi connectivity index (χ1v) is 10.2. The average Bonchev–Trinajstić information content (AvgIpc) is 2.75. The molecule has 2 N–H and O–H groups in total. The Morgan fingerprint density at radius 2 is 1.77 bits per heavy atom. The predicted octanol–water partition coefficient (Wildman–Crippen LogP) is 3.38. The van der Waals surface area contributed by atoms with Crippen molar-refractivity contribution in [3.8, 4) is 11.5 Å². The largest absolute Gasteiger partial charge is 0.493 e. The Balaban J connectivity index is 1.56. The normalized spacial score (nSPS) is 11.6. The molecule has 0 saturated heterocycles. The maximum atomic E-state index is 13.9. The van der Waals surface area contributed by atoms with Gasteiger partial charge in [0.25, 0.3) is 5.91 Å². The molecule has 0 fully saturated rings. The van der Waals surface area contributed by atoms with Crippen LogP contribution in [0, 0.1) is 12.7 Å². The molecule has 1 unspecified atom stereocenters. The summed E-state index contributed by atoms with van der Waals surface area (Å²) in [5, 5.41) is 2.64. The topological polar surface area (TPSA) is 52.0 Å². The van der Waals surface area contributed by atoms with E-state index < -0.39 is 5.82 Å². The van der Waals surface area contributed by atoms with Crippen molar-refractivity contribution in [2.45, 2.75) is 20.1 Å². The van der Waals surface area contributed by atoms with Crippen LogP contribution in [0.3, 0.4) is 0 Å². The Morgan fingerprint density at radius 3 is 2.48 bits per heavy atom. The van der Waals surface area contributed by atoms with Crippen molar-refractivity contribution >= 4 is 11.6 Å². The second-order valence-corrected chi connectivity index (χ2v) is 7.60. The lowest BCUT2D eigenvalue weighted by Gasteiger charge is -2.16. The van der Waals surface area contributed by atoms with Gasteiger partial charge < -0.3 is 19.7 Å². The molecule has 0 heterocycles. The summed E-state index contributed by atoms with van der Waals surface area (Å²) in [6, 6.07) is 20.4. The summed E-state index contributed by atoms with van der Waals surface area (Å²) < 4.78 is 25.3. The smallest absolute Gasteiger partial charge is 0.279 e. The highest BCUT2D eigenvalue weighted by molar-refractivity contribution is 5.91. The van der Waals surface area contributed by atoms with E-state index >= 15 is 0 Å². The van der Waals surface area contributed by atoms with E-state index in [0.29, 0.717) is 24.7 Å². The predicted molar refractivity (Wildman–Crippen MR) is 119 cm³/mol. The summed E-state index contributed by atoms with van der Waals surface area (Å²) in [4.78, 5) is 13.3. The van der Waals surface area contributed by atoms with Crippen molar-refractivity contribution in [2.24, 2.45) is 0 Å². The Hall–Kier alpha value is -3.38. The third-order valence-corrected chi connectivity index (χ3v) is 4.83. The van der Waals surface area contributed by atoms with E-state index in [2.05, 4.69) is 5.32 Å². The molecule has 0 aliphatic rings. The first kappa shape index (κ1) is 22.3. The van der Waals surface area contributed by atoms with Crippen LogP contribution in [0.15, 0.2) is 66.7 Å². The fraction of sp³-hybridized carbons (Fsp3) is 0.240. The molecule has 1 amide bonds. The van der Waals surface area contributed by atoms with Crippen LogP contribution in [-0.4, -0.2) is 26.6 Å². The number of hydrogen-bond acceptors (Lipinski definition) is 3. The molecule has 1 atom stereocenters. The first-order valence-electron chi connectivity index (χ1n) is 10.2. The van der Waals surface area contributed by atoms with Gasteiger partial charge in [0.05, 0.1) is 19.8 Å². The minimum Gasteiger partial charge on any atom is -0.493 e. The molecule has 0 spiro atoms. The second-order valence-electron chi connectivity index (χ2n) is 7.60. The molecule has 0 bridgehead atoms. The summed E-state index contributed by atoms with van der Waals surface area (Å²) >= 11 is 0. The summed E-state index contributed by atoms with van der Waals surface area (Å²) in [5.41, 5.74) is 3.10. The van der Waals surface area contributed by atoms with Gasteiger partial charge in [0, 0.05) is 5.56 Å². The Kier molecular flexibility index (Phi) is 7.62. The van der Waals surface area contributed by atoms with E-state index in [9.17, 15) is 9.18 Å². The maximum Gasteiger partial charge on any atom is 0.279 e. The number of methoxy groups -OCH3 is 1. The molecule has 0 radical (unpaired) electrons. The number of likely N-dealkylation sites (N-methyl/N-ethyl adjacent to an activating group) is 1. The van der Waals surface area contributed by atoms with Crippen molar-refractivity contribution in [1.29, 1.82) is 0 Å². The summed E-state index contributed by atoms with van der Waals surface area (Å²) in [5.74, 6) is 0.643.